The molecule has 0 radical (unpaired) electrons. The van der Waals surface area contributed by atoms with E-state index in [2.05, 4.69) is 10.3 Å². The van der Waals surface area contributed by atoms with Gasteiger partial charge in [0.05, 0.1) is 18.2 Å². The lowest BCUT2D eigenvalue weighted by atomic mass is 9.88. The van der Waals surface area contributed by atoms with Gasteiger partial charge in [-0.25, -0.2) is 0 Å². The largest absolute Gasteiger partial charge is 0.491 e. The van der Waals surface area contributed by atoms with Gasteiger partial charge in [0.1, 0.15) is 12.4 Å². The molecule has 1 atom stereocenters. The van der Waals surface area contributed by atoms with Crippen LogP contribution in [0.3, 0.4) is 0 Å². The normalized spacial score (nSPS) is 16.5. The zero-order valence-electron chi connectivity index (χ0n) is 16.7. The minimum atomic E-state index is -0.925. The highest BCUT2D eigenvalue weighted by Crippen LogP contribution is 2.29. The van der Waals surface area contributed by atoms with Gasteiger partial charge in [0.15, 0.2) is 0 Å². The topological polar surface area (TPSA) is 114 Å². The first-order valence-corrected chi connectivity index (χ1v) is 9.91. The van der Waals surface area contributed by atoms with Gasteiger partial charge in [0, 0.05) is 23.7 Å². The number of carbonyl (C=O) groups excluding carboxylic acids is 1. The van der Waals surface area contributed by atoms with Gasteiger partial charge in [0.2, 0.25) is 5.91 Å². The molecule has 1 fully saturated rings. The first-order valence-electron chi connectivity index (χ1n) is 9.91. The number of nitrogens with two attached hydrogens (primary N) is 1. The van der Waals surface area contributed by atoms with Crippen molar-refractivity contribution in [2.75, 3.05) is 6.61 Å². The van der Waals surface area contributed by atoms with Crippen LogP contribution in [0.15, 0.2) is 23.2 Å². The molecule has 1 aromatic carbocycles. The van der Waals surface area contributed by atoms with Crippen LogP contribution in [-0.4, -0.2) is 35.3 Å². The standard InChI is InChI=1S/C21H31N3O4/c1-14(11-20(25)26)23-18-9-6-10-19(17(18)12-22)28-13-15(2)24-21(27)16-7-4-3-5-8-16/h6,9-10,15-16H,3-5,7-8,11-13,22H2,1-2H3,(H,24,27)(H,25,26)/t15-/m1/s1. The molecule has 28 heavy (non-hydrogen) atoms. The Morgan fingerprint density at radius 3 is 2.68 bits per heavy atom. The van der Waals surface area contributed by atoms with E-state index in [1.54, 1.807) is 19.1 Å². The molecule has 0 bridgehead atoms. The Morgan fingerprint density at radius 1 is 1.32 bits per heavy atom. The van der Waals surface area contributed by atoms with Crippen molar-refractivity contribution in [3.63, 3.8) is 0 Å². The third-order valence-corrected chi connectivity index (χ3v) is 4.88. The van der Waals surface area contributed by atoms with E-state index in [0.29, 0.717) is 23.8 Å². The maximum atomic E-state index is 12.4. The maximum Gasteiger partial charge on any atom is 0.309 e. The Balaban J connectivity index is 1.98. The highest BCUT2D eigenvalue weighted by molar-refractivity contribution is 5.98. The molecule has 4 N–H and O–H groups in total. The Kier molecular flexibility index (Phi) is 8.44. The van der Waals surface area contributed by atoms with Crippen LogP contribution >= 0.6 is 0 Å². The minimum absolute atomic E-state index is 0.109. The van der Waals surface area contributed by atoms with Gasteiger partial charge in [-0.3, -0.25) is 14.6 Å². The predicted molar refractivity (Wildman–Crippen MR) is 109 cm³/mol. The number of aliphatic imine (C=N–C) groups is 1. The van der Waals surface area contributed by atoms with E-state index in [1.165, 1.54) is 6.42 Å². The third kappa shape index (κ3) is 6.64. The van der Waals surface area contributed by atoms with Gasteiger partial charge in [-0.2, -0.15) is 0 Å². The van der Waals surface area contributed by atoms with E-state index in [0.717, 1.165) is 31.2 Å². The number of amides is 1. The number of benzene rings is 1. The summed E-state index contributed by atoms with van der Waals surface area (Å²) in [5.41, 5.74) is 7.70. The van der Waals surface area contributed by atoms with E-state index in [4.69, 9.17) is 15.6 Å². The van der Waals surface area contributed by atoms with Crippen molar-refractivity contribution in [1.29, 1.82) is 0 Å². The van der Waals surface area contributed by atoms with E-state index < -0.39 is 5.97 Å². The van der Waals surface area contributed by atoms with E-state index >= 15 is 0 Å². The Hall–Kier alpha value is -2.41. The summed E-state index contributed by atoms with van der Waals surface area (Å²) in [6.07, 6.45) is 5.27. The number of rotatable bonds is 9. The summed E-state index contributed by atoms with van der Waals surface area (Å²) >= 11 is 0. The first-order chi connectivity index (χ1) is 13.4. The Labute approximate surface area is 166 Å². The zero-order valence-corrected chi connectivity index (χ0v) is 16.7. The average Bonchev–Trinajstić information content (AvgIpc) is 2.66. The molecular formula is C21H31N3O4. The molecule has 1 saturated carbocycles. The maximum absolute atomic E-state index is 12.4. The molecule has 7 nitrogen and oxygen atoms in total. The lowest BCUT2D eigenvalue weighted by Gasteiger charge is -2.23. The van der Waals surface area contributed by atoms with Gasteiger partial charge < -0.3 is 20.9 Å². The van der Waals surface area contributed by atoms with Gasteiger partial charge in [-0.1, -0.05) is 25.3 Å². The van der Waals surface area contributed by atoms with Gasteiger partial charge >= 0.3 is 5.97 Å². The quantitative estimate of drug-likeness (QED) is 0.561. The lowest BCUT2D eigenvalue weighted by molar-refractivity contribution is -0.135. The average molecular weight is 389 g/mol. The summed E-state index contributed by atoms with van der Waals surface area (Å²) in [5, 5.41) is 11.9. The van der Waals surface area contributed by atoms with Gasteiger partial charge in [-0.05, 0) is 38.8 Å². The van der Waals surface area contributed by atoms with Crippen LogP contribution in [0.5, 0.6) is 5.75 Å². The summed E-state index contributed by atoms with van der Waals surface area (Å²) in [6, 6.07) is 5.27. The summed E-state index contributed by atoms with van der Waals surface area (Å²) in [6.45, 7) is 4.14. The fourth-order valence-corrected chi connectivity index (χ4v) is 3.45. The predicted octanol–water partition coefficient (Wildman–Crippen LogP) is 3.18. The van der Waals surface area contributed by atoms with Crippen LogP contribution in [-0.2, 0) is 16.1 Å². The van der Waals surface area contributed by atoms with Crippen molar-refractivity contribution >= 4 is 23.3 Å². The van der Waals surface area contributed by atoms with Gasteiger partial charge in [0.25, 0.3) is 0 Å². The van der Waals surface area contributed by atoms with Crippen LogP contribution in [0, 0.1) is 5.92 Å². The smallest absolute Gasteiger partial charge is 0.309 e. The van der Waals surface area contributed by atoms with E-state index in [-0.39, 0.29) is 30.8 Å². The number of carbonyl (C=O) groups is 2. The number of hydrogen-bond acceptors (Lipinski definition) is 5. The number of hydrogen-bond donors (Lipinski definition) is 3. The Bertz CT molecular complexity index is 712. The molecule has 0 spiro atoms. The first kappa shape index (κ1) is 21.9. The fraction of sp³-hybridized carbons (Fsp3) is 0.571. The van der Waals surface area contributed by atoms with Crippen LogP contribution in [0.1, 0.15) is 57.9 Å². The van der Waals surface area contributed by atoms with Crippen molar-refractivity contribution in [3.05, 3.63) is 23.8 Å². The summed E-state index contributed by atoms with van der Waals surface area (Å²) < 4.78 is 5.90. The van der Waals surface area contributed by atoms with Crippen molar-refractivity contribution in [1.82, 2.24) is 5.32 Å². The number of nitrogens with one attached hydrogen (secondary N) is 1. The molecule has 0 unspecified atom stereocenters. The molecule has 1 aromatic rings. The summed E-state index contributed by atoms with van der Waals surface area (Å²) in [4.78, 5) is 27.6. The van der Waals surface area contributed by atoms with Crippen molar-refractivity contribution < 1.29 is 19.4 Å². The monoisotopic (exact) mass is 389 g/mol. The Morgan fingerprint density at radius 2 is 2.04 bits per heavy atom. The molecule has 0 saturated heterocycles. The van der Waals surface area contributed by atoms with Crippen LogP contribution in [0.25, 0.3) is 0 Å². The number of ether oxygens (including phenoxy) is 1. The second kappa shape index (κ2) is 10.8. The number of nitrogens with zero attached hydrogens (tertiary/aromatic N) is 1. The zero-order chi connectivity index (χ0) is 20.5. The number of aliphatic carboxylic acids is 1. The number of carboxylic acid groups (broad SMARTS) is 1. The second-order valence-corrected chi connectivity index (χ2v) is 7.43. The molecule has 0 aliphatic heterocycles. The van der Waals surface area contributed by atoms with Crippen LogP contribution in [0.2, 0.25) is 0 Å². The highest BCUT2D eigenvalue weighted by Gasteiger charge is 2.22. The second-order valence-electron chi connectivity index (χ2n) is 7.43. The molecular weight excluding hydrogens is 358 g/mol. The van der Waals surface area contributed by atoms with Crippen molar-refractivity contribution in [2.45, 2.75) is 65.0 Å². The fourth-order valence-electron chi connectivity index (χ4n) is 3.45. The number of carboxylic acids is 1. The molecule has 0 heterocycles. The summed E-state index contributed by atoms with van der Waals surface area (Å²) in [5.74, 6) is -0.0979. The molecule has 2 rings (SSSR count). The molecule has 7 heteroatoms. The van der Waals surface area contributed by atoms with E-state index in [1.807, 2.05) is 13.0 Å². The van der Waals surface area contributed by atoms with Crippen LogP contribution in [0.4, 0.5) is 5.69 Å². The van der Waals surface area contributed by atoms with Crippen molar-refractivity contribution in [3.8, 4) is 5.75 Å². The third-order valence-electron chi connectivity index (χ3n) is 4.88. The minimum Gasteiger partial charge on any atom is -0.491 e. The van der Waals surface area contributed by atoms with Crippen LogP contribution < -0.4 is 15.8 Å². The molecule has 154 valence electrons. The SMILES string of the molecule is CC(CC(=O)O)=Nc1cccc(OC[C@@H](C)NC(=O)C2CCCCC2)c1CN. The lowest BCUT2D eigenvalue weighted by Crippen LogP contribution is -2.41. The molecule has 1 amide bonds. The van der Waals surface area contributed by atoms with E-state index in [9.17, 15) is 9.59 Å². The highest BCUT2D eigenvalue weighted by atomic mass is 16.5. The van der Waals surface area contributed by atoms with Crippen molar-refractivity contribution in [2.24, 2.45) is 16.6 Å². The molecule has 1 aliphatic rings. The molecule has 0 aromatic heterocycles. The summed E-state index contributed by atoms with van der Waals surface area (Å²) in [7, 11) is 0. The molecule has 1 aliphatic carbocycles. The van der Waals surface area contributed by atoms with Gasteiger partial charge in [-0.15, -0.1) is 0 Å².